The number of nitrogens with one attached hydrogen (secondary N) is 1. The summed E-state index contributed by atoms with van der Waals surface area (Å²) in [6, 6.07) is 13.2. The van der Waals surface area contributed by atoms with Crippen LogP contribution >= 0.6 is 15.9 Å². The molecule has 1 unspecified atom stereocenters. The maximum Gasteiger partial charge on any atom is 0.261 e. The Balaban J connectivity index is 2.12. The molecule has 0 heterocycles. The number of halogens is 1. The number of carbonyl (C=O) groups excluding carboxylic acids is 2. The van der Waals surface area contributed by atoms with Crippen LogP contribution in [0.1, 0.15) is 50.3 Å². The second kappa shape index (κ2) is 12.5. The van der Waals surface area contributed by atoms with Crippen molar-refractivity contribution >= 4 is 27.7 Å². The fourth-order valence-electron chi connectivity index (χ4n) is 3.11. The summed E-state index contributed by atoms with van der Waals surface area (Å²) in [6.45, 7) is 8.77. The van der Waals surface area contributed by atoms with Gasteiger partial charge in [0.15, 0.2) is 6.61 Å². The molecule has 2 amide bonds. The molecule has 1 N–H and O–H groups in total. The van der Waals surface area contributed by atoms with E-state index in [0.717, 1.165) is 34.9 Å². The first-order chi connectivity index (χ1) is 14.8. The monoisotopic (exact) mass is 488 g/mol. The molecule has 2 aromatic carbocycles. The number of ether oxygens (including phenoxy) is 1. The van der Waals surface area contributed by atoms with Gasteiger partial charge in [-0.05, 0) is 65.9 Å². The number of amides is 2. The van der Waals surface area contributed by atoms with Crippen LogP contribution in [0, 0.1) is 6.92 Å². The van der Waals surface area contributed by atoms with Crippen LogP contribution in [0.2, 0.25) is 0 Å². The van der Waals surface area contributed by atoms with Gasteiger partial charge in [0.1, 0.15) is 11.8 Å². The molecular weight excluding hydrogens is 456 g/mol. The third kappa shape index (κ3) is 7.69. The molecule has 0 aromatic heterocycles. The van der Waals surface area contributed by atoms with Gasteiger partial charge < -0.3 is 15.0 Å². The van der Waals surface area contributed by atoms with Crippen LogP contribution in [0.4, 0.5) is 0 Å². The Labute approximate surface area is 194 Å². The van der Waals surface area contributed by atoms with E-state index < -0.39 is 6.04 Å². The molecule has 0 aliphatic rings. The highest BCUT2D eigenvalue weighted by molar-refractivity contribution is 9.10. The van der Waals surface area contributed by atoms with E-state index in [1.165, 1.54) is 5.56 Å². The Kier molecular flexibility index (Phi) is 10.0. The molecule has 168 valence electrons. The highest BCUT2D eigenvalue weighted by Crippen LogP contribution is 2.26. The minimum atomic E-state index is -0.597. The maximum absolute atomic E-state index is 13.1. The molecule has 5 nitrogen and oxygen atoms in total. The average Bonchev–Trinajstić information content (AvgIpc) is 2.77. The lowest BCUT2D eigenvalue weighted by Crippen LogP contribution is -2.49. The normalized spacial score (nSPS) is 11.6. The Morgan fingerprint density at radius 1 is 1.10 bits per heavy atom. The standard InChI is InChI=1S/C25H33BrN2O3/c1-5-7-14-27-25(30)19(4)28(16-21-10-8-18(3)9-11-21)24(29)17-31-23-13-12-20(6-2)15-22(23)26/h8-13,15,19H,5-7,14,16-17H2,1-4H3,(H,27,30). The van der Waals surface area contributed by atoms with Crippen LogP contribution in [0.3, 0.4) is 0 Å². The Morgan fingerprint density at radius 2 is 1.77 bits per heavy atom. The predicted octanol–water partition coefficient (Wildman–Crippen LogP) is 5.03. The number of aryl methyl sites for hydroxylation is 2. The van der Waals surface area contributed by atoms with Gasteiger partial charge in [-0.15, -0.1) is 0 Å². The van der Waals surface area contributed by atoms with Crippen molar-refractivity contribution in [3.63, 3.8) is 0 Å². The topological polar surface area (TPSA) is 58.6 Å². The highest BCUT2D eigenvalue weighted by Gasteiger charge is 2.26. The van der Waals surface area contributed by atoms with E-state index in [1.54, 1.807) is 11.8 Å². The second-order valence-electron chi connectivity index (χ2n) is 7.73. The molecule has 0 fully saturated rings. The van der Waals surface area contributed by atoms with Crippen molar-refractivity contribution in [1.82, 2.24) is 10.2 Å². The van der Waals surface area contributed by atoms with E-state index in [1.807, 2.05) is 49.4 Å². The Morgan fingerprint density at radius 3 is 2.39 bits per heavy atom. The number of rotatable bonds is 11. The summed E-state index contributed by atoms with van der Waals surface area (Å²) in [5.41, 5.74) is 3.31. The number of hydrogen-bond acceptors (Lipinski definition) is 3. The van der Waals surface area contributed by atoms with Crippen LogP contribution in [0.15, 0.2) is 46.9 Å². The fourth-order valence-corrected chi connectivity index (χ4v) is 3.65. The van der Waals surface area contributed by atoms with Gasteiger partial charge in [0, 0.05) is 13.1 Å². The first-order valence-corrected chi connectivity index (χ1v) is 11.7. The SMILES string of the molecule is CCCCNC(=O)C(C)N(Cc1ccc(C)cc1)C(=O)COc1ccc(CC)cc1Br. The summed E-state index contributed by atoms with van der Waals surface area (Å²) >= 11 is 3.51. The molecule has 6 heteroatoms. The summed E-state index contributed by atoms with van der Waals surface area (Å²) in [5, 5.41) is 2.93. The molecule has 2 rings (SSSR count). The lowest BCUT2D eigenvalue weighted by Gasteiger charge is -2.29. The molecule has 2 aromatic rings. The van der Waals surface area contributed by atoms with E-state index in [2.05, 4.69) is 35.1 Å². The van der Waals surface area contributed by atoms with Crippen molar-refractivity contribution in [1.29, 1.82) is 0 Å². The third-order valence-corrected chi connectivity index (χ3v) is 5.85. The van der Waals surface area contributed by atoms with Gasteiger partial charge in [-0.3, -0.25) is 9.59 Å². The molecular formula is C25H33BrN2O3. The van der Waals surface area contributed by atoms with E-state index in [9.17, 15) is 9.59 Å². The summed E-state index contributed by atoms with van der Waals surface area (Å²) in [7, 11) is 0. The van der Waals surface area contributed by atoms with Crippen LogP contribution in [-0.2, 0) is 22.6 Å². The van der Waals surface area contributed by atoms with Gasteiger partial charge in [0.05, 0.1) is 4.47 Å². The van der Waals surface area contributed by atoms with Crippen molar-refractivity contribution in [2.75, 3.05) is 13.2 Å². The molecule has 0 aliphatic heterocycles. The first-order valence-electron chi connectivity index (χ1n) is 10.9. The number of unbranched alkanes of at least 4 members (excludes halogenated alkanes) is 1. The minimum absolute atomic E-state index is 0.136. The molecule has 0 saturated carbocycles. The molecule has 0 aliphatic carbocycles. The van der Waals surface area contributed by atoms with Crippen LogP contribution in [0.25, 0.3) is 0 Å². The van der Waals surface area contributed by atoms with Gasteiger partial charge in [-0.25, -0.2) is 0 Å². The zero-order valence-corrected chi connectivity index (χ0v) is 20.5. The Bertz CT molecular complexity index is 868. The van der Waals surface area contributed by atoms with Gasteiger partial charge in [0.2, 0.25) is 5.91 Å². The Hall–Kier alpha value is -2.34. The van der Waals surface area contributed by atoms with Gasteiger partial charge in [0.25, 0.3) is 5.91 Å². The summed E-state index contributed by atoms with van der Waals surface area (Å²) < 4.78 is 6.61. The van der Waals surface area contributed by atoms with Gasteiger partial charge in [-0.2, -0.15) is 0 Å². The van der Waals surface area contributed by atoms with Gasteiger partial charge in [-0.1, -0.05) is 56.2 Å². The largest absolute Gasteiger partial charge is 0.483 e. The van der Waals surface area contributed by atoms with E-state index >= 15 is 0 Å². The van der Waals surface area contributed by atoms with E-state index in [-0.39, 0.29) is 18.4 Å². The van der Waals surface area contributed by atoms with Crippen molar-refractivity contribution < 1.29 is 14.3 Å². The van der Waals surface area contributed by atoms with Crippen LogP contribution in [0.5, 0.6) is 5.75 Å². The average molecular weight is 489 g/mol. The fraction of sp³-hybridized carbons (Fsp3) is 0.440. The lowest BCUT2D eigenvalue weighted by molar-refractivity contribution is -0.142. The zero-order chi connectivity index (χ0) is 22.8. The summed E-state index contributed by atoms with van der Waals surface area (Å²) in [6.07, 6.45) is 2.84. The lowest BCUT2D eigenvalue weighted by atomic mass is 10.1. The van der Waals surface area contributed by atoms with E-state index in [0.29, 0.717) is 18.8 Å². The molecule has 31 heavy (non-hydrogen) atoms. The second-order valence-corrected chi connectivity index (χ2v) is 8.59. The summed E-state index contributed by atoms with van der Waals surface area (Å²) in [4.78, 5) is 27.3. The van der Waals surface area contributed by atoms with Crippen molar-refractivity contribution in [2.45, 2.75) is 59.5 Å². The van der Waals surface area contributed by atoms with Gasteiger partial charge >= 0.3 is 0 Å². The molecule has 0 bridgehead atoms. The predicted molar refractivity (Wildman–Crippen MR) is 128 cm³/mol. The van der Waals surface area contributed by atoms with Crippen molar-refractivity contribution in [3.05, 3.63) is 63.6 Å². The quantitative estimate of drug-likeness (QED) is 0.451. The zero-order valence-electron chi connectivity index (χ0n) is 18.9. The van der Waals surface area contributed by atoms with Crippen molar-refractivity contribution in [3.8, 4) is 5.75 Å². The van der Waals surface area contributed by atoms with Crippen molar-refractivity contribution in [2.24, 2.45) is 0 Å². The number of carbonyl (C=O) groups is 2. The third-order valence-electron chi connectivity index (χ3n) is 5.23. The van der Waals surface area contributed by atoms with Crippen LogP contribution < -0.4 is 10.1 Å². The molecule has 0 spiro atoms. The molecule has 0 saturated heterocycles. The first kappa shape index (κ1) is 24.9. The number of benzene rings is 2. The minimum Gasteiger partial charge on any atom is -0.483 e. The van der Waals surface area contributed by atoms with E-state index in [4.69, 9.17) is 4.74 Å². The summed E-state index contributed by atoms with van der Waals surface area (Å²) in [5.74, 6) is 0.230. The highest BCUT2D eigenvalue weighted by atomic mass is 79.9. The molecule has 1 atom stereocenters. The number of nitrogens with zero attached hydrogens (tertiary/aromatic N) is 1. The smallest absolute Gasteiger partial charge is 0.261 e. The maximum atomic E-state index is 13.1. The molecule has 0 radical (unpaired) electrons. The van der Waals surface area contributed by atoms with Crippen LogP contribution in [-0.4, -0.2) is 35.9 Å². The number of hydrogen-bond donors (Lipinski definition) is 1.